The summed E-state index contributed by atoms with van der Waals surface area (Å²) in [5.74, 6) is 2.75. The van der Waals surface area contributed by atoms with E-state index < -0.39 is 0 Å². The minimum absolute atomic E-state index is 0. The van der Waals surface area contributed by atoms with Crippen molar-refractivity contribution in [2.45, 2.75) is 204 Å². The van der Waals surface area contributed by atoms with Gasteiger partial charge in [0.1, 0.15) is 0 Å². The van der Waals surface area contributed by atoms with Crippen LogP contribution in [0.3, 0.4) is 0 Å². The maximum atomic E-state index is 2.30. The van der Waals surface area contributed by atoms with Gasteiger partial charge in [0.2, 0.25) is 0 Å². The van der Waals surface area contributed by atoms with Crippen LogP contribution in [0.1, 0.15) is 204 Å². The second-order valence-corrected chi connectivity index (χ2v) is 9.56. The van der Waals surface area contributed by atoms with E-state index in [-0.39, 0.29) is 29.7 Å². The van der Waals surface area contributed by atoms with Crippen LogP contribution in [-0.2, 0) is 0 Å². The third-order valence-electron chi connectivity index (χ3n) is 7.10. The van der Waals surface area contributed by atoms with E-state index in [1.54, 1.807) is 0 Å². The molecule has 0 unspecified atom stereocenters. The quantitative estimate of drug-likeness (QED) is 0.283. The highest BCUT2D eigenvalue weighted by molar-refractivity contribution is 4.72. The molecule has 0 aliphatic rings. The van der Waals surface area contributed by atoms with Crippen molar-refractivity contribution < 1.29 is 0 Å². The Labute approximate surface area is 227 Å². The number of hydrogen-bond donors (Lipinski definition) is 0. The van der Waals surface area contributed by atoms with Crippen LogP contribution in [0.25, 0.3) is 0 Å². The van der Waals surface area contributed by atoms with Crippen molar-refractivity contribution in [3.05, 3.63) is 0 Å². The summed E-state index contributed by atoms with van der Waals surface area (Å²) in [6, 6.07) is 0. The summed E-state index contributed by atoms with van der Waals surface area (Å²) in [4.78, 5) is 0. The Morgan fingerprint density at radius 3 is 0.559 bits per heavy atom. The highest BCUT2D eigenvalue weighted by atomic mass is 14.3. The largest absolute Gasteiger partial charge is 0.0776 e. The van der Waals surface area contributed by atoms with Gasteiger partial charge in [-0.3, -0.25) is 0 Å². The van der Waals surface area contributed by atoms with Crippen molar-refractivity contribution >= 4 is 0 Å². The summed E-state index contributed by atoms with van der Waals surface area (Å²) >= 11 is 0. The monoisotopic (exact) mass is 495 g/mol. The Bertz CT molecular complexity index is 199. The molecule has 0 bridgehead atoms. The molecule has 0 radical (unpaired) electrons. The average Bonchev–Trinajstić information content (AvgIpc) is 2.81. The van der Waals surface area contributed by atoms with E-state index in [9.17, 15) is 0 Å². The fraction of sp³-hybridized carbons (Fsp3) is 1.00. The van der Waals surface area contributed by atoms with Crippen molar-refractivity contribution in [2.75, 3.05) is 0 Å². The normalized spacial score (nSPS) is 9.00. The molecule has 0 fully saturated rings. The van der Waals surface area contributed by atoms with E-state index >= 15 is 0 Å². The van der Waals surface area contributed by atoms with Gasteiger partial charge in [-0.1, -0.05) is 204 Å². The van der Waals surface area contributed by atoms with Crippen molar-refractivity contribution in [2.24, 2.45) is 23.2 Å². The molecule has 0 saturated heterocycles. The minimum Gasteiger partial charge on any atom is -0.0776 e. The topological polar surface area (TPSA) is 0 Å². The SMILES string of the molecule is C.C.C.C.CCC(C)C.CCC(C)CC.CCC(C)CC.CCC(CC)(CC)CC.CCCC. The lowest BCUT2D eigenvalue weighted by Gasteiger charge is -2.28. The number of unbranched alkanes of at least 4 members (excludes halogenated alkanes) is 1. The second-order valence-electron chi connectivity index (χ2n) is 9.56. The van der Waals surface area contributed by atoms with Gasteiger partial charge in [0.05, 0.1) is 0 Å². The van der Waals surface area contributed by atoms with E-state index in [0.29, 0.717) is 5.41 Å². The van der Waals surface area contributed by atoms with Gasteiger partial charge in [0.25, 0.3) is 0 Å². The summed E-state index contributed by atoms with van der Waals surface area (Å²) in [5, 5.41) is 0. The molecule has 0 aliphatic carbocycles. The smallest absolute Gasteiger partial charge is 0.0308 e. The zero-order chi connectivity index (χ0) is 25.0. The predicted octanol–water partition coefficient (Wildman–Crippen LogP) is 14.9. The molecule has 0 aromatic rings. The van der Waals surface area contributed by atoms with Crippen LogP contribution in [0.5, 0.6) is 0 Å². The van der Waals surface area contributed by atoms with Gasteiger partial charge in [-0.05, 0) is 23.2 Å². The first-order valence-corrected chi connectivity index (χ1v) is 14.0. The predicted molar refractivity (Wildman–Crippen MR) is 176 cm³/mol. The fourth-order valence-corrected chi connectivity index (χ4v) is 2.08. The molecule has 222 valence electrons. The summed E-state index contributed by atoms with van der Waals surface area (Å²) in [7, 11) is 0. The number of rotatable bonds is 10. The Balaban J connectivity index is -0.0000000327. The molecule has 0 spiro atoms. The fourth-order valence-electron chi connectivity index (χ4n) is 2.08. The molecule has 0 aromatic carbocycles. The molecule has 34 heavy (non-hydrogen) atoms. The minimum atomic E-state index is 0. The molecule has 0 atom stereocenters. The summed E-state index contributed by atoms with van der Waals surface area (Å²) < 4.78 is 0. The molecule has 0 nitrogen and oxygen atoms in total. The van der Waals surface area contributed by atoms with Crippen LogP contribution in [0.15, 0.2) is 0 Å². The molecule has 0 aromatic heterocycles. The molecule has 0 heteroatoms. The standard InChI is InChI=1S/C9H20.2C6H14.C5H12.C4H10.4CH4/c1-5-9(6-2,7-3)8-4;2*1-4-6(3)5-2;1-4-5(2)3;1-3-4-2;;;;/h5-8H2,1-4H3;2*6H,4-5H2,1-3H3;5H,4H2,1-3H3;3-4H2,1-2H3;4*1H4. The van der Waals surface area contributed by atoms with E-state index in [2.05, 4.69) is 104 Å². The highest BCUT2D eigenvalue weighted by Crippen LogP contribution is 2.33. The molecule has 0 N–H and O–H groups in total. The third-order valence-corrected chi connectivity index (χ3v) is 7.10. The van der Waals surface area contributed by atoms with E-state index in [4.69, 9.17) is 0 Å². The van der Waals surface area contributed by atoms with Crippen molar-refractivity contribution in [3.63, 3.8) is 0 Å². The van der Waals surface area contributed by atoms with Crippen molar-refractivity contribution in [1.82, 2.24) is 0 Å². The Morgan fingerprint density at radius 2 is 0.559 bits per heavy atom. The van der Waals surface area contributed by atoms with Crippen LogP contribution in [-0.4, -0.2) is 0 Å². The molecular weight excluding hydrogens is 408 g/mol. The van der Waals surface area contributed by atoms with Crippen molar-refractivity contribution in [3.8, 4) is 0 Å². The van der Waals surface area contributed by atoms with E-state index in [1.807, 2.05) is 0 Å². The lowest BCUT2D eigenvalue weighted by molar-refractivity contribution is 0.240. The Hall–Kier alpha value is 0. The van der Waals surface area contributed by atoms with Gasteiger partial charge >= 0.3 is 0 Å². The van der Waals surface area contributed by atoms with Crippen molar-refractivity contribution in [1.29, 1.82) is 0 Å². The zero-order valence-electron chi connectivity index (χ0n) is 25.0. The highest BCUT2D eigenvalue weighted by Gasteiger charge is 2.20. The zero-order valence-corrected chi connectivity index (χ0v) is 25.0. The van der Waals surface area contributed by atoms with E-state index in [0.717, 1.165) is 17.8 Å². The van der Waals surface area contributed by atoms with Crippen LogP contribution in [0, 0.1) is 23.2 Å². The summed E-state index contributed by atoms with van der Waals surface area (Å²) in [6.45, 7) is 33.7. The van der Waals surface area contributed by atoms with Gasteiger partial charge in [0, 0.05) is 0 Å². The molecule has 0 saturated carbocycles. The van der Waals surface area contributed by atoms with Gasteiger partial charge in [-0.2, -0.15) is 0 Å². The Morgan fingerprint density at radius 1 is 0.382 bits per heavy atom. The van der Waals surface area contributed by atoms with E-state index in [1.165, 1.54) is 70.6 Å². The third kappa shape index (κ3) is 58.1. The van der Waals surface area contributed by atoms with Crippen LogP contribution in [0.4, 0.5) is 0 Å². The summed E-state index contributed by atoms with van der Waals surface area (Å²) in [5.41, 5.74) is 0.667. The maximum absolute atomic E-state index is 2.30. The second kappa shape index (κ2) is 50.0. The lowest BCUT2D eigenvalue weighted by Crippen LogP contribution is -2.15. The first kappa shape index (κ1) is 59.2. The van der Waals surface area contributed by atoms with Gasteiger partial charge < -0.3 is 0 Å². The first-order valence-electron chi connectivity index (χ1n) is 14.0. The maximum Gasteiger partial charge on any atom is -0.0308 e. The molecule has 0 heterocycles. The molecule has 0 aliphatic heterocycles. The summed E-state index contributed by atoms with van der Waals surface area (Å²) in [6.07, 6.45) is 14.6. The first-order chi connectivity index (χ1) is 14.0. The average molecular weight is 495 g/mol. The Kier molecular flexibility index (Phi) is 87.1. The molecule has 0 amide bonds. The molecule has 0 rings (SSSR count). The van der Waals surface area contributed by atoms with Crippen LogP contribution < -0.4 is 0 Å². The van der Waals surface area contributed by atoms with Crippen LogP contribution >= 0.6 is 0 Å². The van der Waals surface area contributed by atoms with Gasteiger partial charge in [-0.25, -0.2) is 0 Å². The lowest BCUT2D eigenvalue weighted by atomic mass is 9.78. The van der Waals surface area contributed by atoms with Gasteiger partial charge in [0.15, 0.2) is 0 Å². The molecular formula is C34H86. The van der Waals surface area contributed by atoms with Gasteiger partial charge in [-0.15, -0.1) is 0 Å². The van der Waals surface area contributed by atoms with Crippen LogP contribution in [0.2, 0.25) is 0 Å². The number of hydrogen-bond acceptors (Lipinski definition) is 0.